The van der Waals surface area contributed by atoms with Crippen molar-refractivity contribution in [2.24, 2.45) is 0 Å². The second kappa shape index (κ2) is 6.26. The molecule has 0 fully saturated rings. The molecular weight excluding hydrogens is 319 g/mol. The highest BCUT2D eigenvalue weighted by molar-refractivity contribution is 9.10. The van der Waals surface area contributed by atoms with Crippen LogP contribution >= 0.6 is 27.5 Å². The predicted molar refractivity (Wildman–Crippen MR) is 62.4 cm³/mol. The number of carbonyl (C=O) groups excluding carboxylic acids is 1. The van der Waals surface area contributed by atoms with Crippen molar-refractivity contribution in [1.82, 2.24) is 4.98 Å². The van der Waals surface area contributed by atoms with Gasteiger partial charge in [-0.3, -0.25) is 0 Å². The second-order valence-electron chi connectivity index (χ2n) is 3.00. The fourth-order valence-electron chi connectivity index (χ4n) is 1.29. The molecule has 0 aliphatic heterocycles. The van der Waals surface area contributed by atoms with Crippen molar-refractivity contribution in [2.75, 3.05) is 6.61 Å². The summed E-state index contributed by atoms with van der Waals surface area (Å²) in [7, 11) is 0. The van der Waals surface area contributed by atoms with E-state index in [0.29, 0.717) is 0 Å². The summed E-state index contributed by atoms with van der Waals surface area (Å²) in [5.74, 6) is -0.988. The third-order valence-corrected chi connectivity index (χ3v) is 2.90. The van der Waals surface area contributed by atoms with Gasteiger partial charge < -0.3 is 4.74 Å². The highest BCUT2D eigenvalue weighted by atomic mass is 79.9. The van der Waals surface area contributed by atoms with Gasteiger partial charge in [0, 0.05) is 21.8 Å². The number of carbonyl (C=O) groups is 1. The van der Waals surface area contributed by atoms with Crippen LogP contribution in [0.25, 0.3) is 0 Å². The Bertz CT molecular complexity index is 429. The van der Waals surface area contributed by atoms with Gasteiger partial charge in [0.2, 0.25) is 0 Å². The number of esters is 1. The molecule has 0 N–H and O–H groups in total. The Kier molecular flexibility index (Phi) is 5.27. The van der Waals surface area contributed by atoms with Crippen LogP contribution in [0.4, 0.5) is 8.78 Å². The van der Waals surface area contributed by atoms with Crippen LogP contribution in [0.3, 0.4) is 0 Å². The number of aromatic nitrogens is 1. The molecule has 0 saturated heterocycles. The molecule has 0 unspecified atom stereocenters. The monoisotopic (exact) mass is 327 g/mol. The highest BCUT2D eigenvalue weighted by Gasteiger charge is 2.24. The Balaban J connectivity index is 3.32. The molecule has 0 bridgehead atoms. The number of rotatable bonds is 4. The number of nitrogens with zero attached hydrogens (tertiary/aromatic N) is 1. The fraction of sp³-hybridized carbons (Fsp3) is 0.400. The van der Waals surface area contributed by atoms with Crippen LogP contribution in [0.5, 0.6) is 0 Å². The number of hydrogen-bond donors (Lipinski definition) is 0. The third kappa shape index (κ3) is 3.13. The summed E-state index contributed by atoms with van der Waals surface area (Å²) in [5.41, 5.74) is -0.493. The van der Waals surface area contributed by atoms with Gasteiger partial charge in [-0.05, 0) is 22.9 Å². The summed E-state index contributed by atoms with van der Waals surface area (Å²) in [6.07, 6.45) is -1.60. The first kappa shape index (κ1) is 14.3. The lowest BCUT2D eigenvalue weighted by molar-refractivity contribution is 0.0517. The zero-order chi connectivity index (χ0) is 13.0. The molecule has 0 saturated carbocycles. The summed E-state index contributed by atoms with van der Waals surface area (Å²) in [4.78, 5) is 15.3. The summed E-state index contributed by atoms with van der Waals surface area (Å²) in [6.45, 7) is 1.76. The lowest BCUT2D eigenvalue weighted by atomic mass is 10.1. The number of ether oxygens (including phenoxy) is 1. The van der Waals surface area contributed by atoms with Crippen LogP contribution in [0.2, 0.25) is 0 Å². The van der Waals surface area contributed by atoms with E-state index < -0.39 is 12.4 Å². The third-order valence-electron chi connectivity index (χ3n) is 2.00. The van der Waals surface area contributed by atoms with Crippen molar-refractivity contribution in [2.45, 2.75) is 19.2 Å². The quantitative estimate of drug-likeness (QED) is 0.625. The molecule has 0 amide bonds. The van der Waals surface area contributed by atoms with E-state index >= 15 is 0 Å². The van der Waals surface area contributed by atoms with Gasteiger partial charge in [0.05, 0.1) is 12.5 Å². The molecule has 3 nitrogen and oxygen atoms in total. The number of alkyl halides is 3. The van der Waals surface area contributed by atoms with Gasteiger partial charge in [0.15, 0.2) is 5.69 Å². The van der Waals surface area contributed by atoms with E-state index in [-0.39, 0.29) is 33.8 Å². The van der Waals surface area contributed by atoms with E-state index in [1.165, 1.54) is 0 Å². The highest BCUT2D eigenvalue weighted by Crippen LogP contribution is 2.32. The molecule has 94 valence electrons. The van der Waals surface area contributed by atoms with Gasteiger partial charge in [-0.2, -0.15) is 0 Å². The standard InChI is InChI=1S/C10H9BrClF2NO2/c1-2-17-10(16)8-5(3-12)7(9(13)14)6(11)4-15-8/h4,9H,2-3H2,1H3. The molecule has 17 heavy (non-hydrogen) atoms. The molecule has 0 radical (unpaired) electrons. The van der Waals surface area contributed by atoms with Gasteiger partial charge >= 0.3 is 5.97 Å². The van der Waals surface area contributed by atoms with Crippen molar-refractivity contribution in [1.29, 1.82) is 0 Å². The van der Waals surface area contributed by atoms with E-state index in [1.54, 1.807) is 6.92 Å². The molecule has 1 heterocycles. The van der Waals surface area contributed by atoms with Crippen LogP contribution in [-0.2, 0) is 10.6 Å². The molecule has 0 aliphatic carbocycles. The maximum absolute atomic E-state index is 12.8. The maximum Gasteiger partial charge on any atom is 0.357 e. The molecule has 1 aromatic rings. The lowest BCUT2D eigenvalue weighted by Gasteiger charge is -2.12. The minimum absolute atomic E-state index is 0.00510. The van der Waals surface area contributed by atoms with Crippen molar-refractivity contribution in [3.8, 4) is 0 Å². The molecule has 7 heteroatoms. The zero-order valence-corrected chi connectivity index (χ0v) is 11.2. The Morgan fingerprint density at radius 3 is 2.76 bits per heavy atom. The molecule has 0 spiro atoms. The smallest absolute Gasteiger partial charge is 0.357 e. The molecule has 0 aliphatic rings. The second-order valence-corrected chi connectivity index (χ2v) is 4.12. The Labute approximate surface area is 110 Å². The molecule has 1 aromatic heterocycles. The van der Waals surface area contributed by atoms with E-state index in [9.17, 15) is 13.6 Å². The predicted octanol–water partition coefficient (Wildman–Crippen LogP) is 3.70. The number of hydrogen-bond acceptors (Lipinski definition) is 3. The summed E-state index contributed by atoms with van der Waals surface area (Å²) in [5, 5.41) is 0. The average Bonchev–Trinajstić information content (AvgIpc) is 2.27. The summed E-state index contributed by atoms with van der Waals surface area (Å²) in [6, 6.07) is 0. The summed E-state index contributed by atoms with van der Waals surface area (Å²) < 4.78 is 30.5. The van der Waals surface area contributed by atoms with E-state index in [1.807, 2.05) is 0 Å². The van der Waals surface area contributed by atoms with Gasteiger partial charge in [-0.25, -0.2) is 18.6 Å². The topological polar surface area (TPSA) is 39.2 Å². The largest absolute Gasteiger partial charge is 0.461 e. The Morgan fingerprint density at radius 1 is 1.65 bits per heavy atom. The van der Waals surface area contributed by atoms with Crippen molar-refractivity contribution in [3.63, 3.8) is 0 Å². The lowest BCUT2D eigenvalue weighted by Crippen LogP contribution is -2.12. The molecule has 0 atom stereocenters. The van der Waals surface area contributed by atoms with Crippen molar-refractivity contribution >= 4 is 33.5 Å². The minimum atomic E-state index is -2.74. The van der Waals surface area contributed by atoms with Crippen LogP contribution in [0.1, 0.15) is 35.0 Å². The minimum Gasteiger partial charge on any atom is -0.461 e. The number of halogens is 4. The first-order valence-electron chi connectivity index (χ1n) is 4.71. The molecule has 0 aromatic carbocycles. The van der Waals surface area contributed by atoms with E-state index in [4.69, 9.17) is 16.3 Å². The van der Waals surface area contributed by atoms with Crippen LogP contribution < -0.4 is 0 Å². The van der Waals surface area contributed by atoms with E-state index in [0.717, 1.165) is 6.20 Å². The van der Waals surface area contributed by atoms with Gasteiger partial charge in [0.25, 0.3) is 6.43 Å². The number of pyridine rings is 1. The Morgan fingerprint density at radius 2 is 2.29 bits per heavy atom. The van der Waals surface area contributed by atoms with Crippen molar-refractivity contribution in [3.05, 3.63) is 27.5 Å². The average molecular weight is 329 g/mol. The van der Waals surface area contributed by atoms with Crippen molar-refractivity contribution < 1.29 is 18.3 Å². The van der Waals surface area contributed by atoms with Gasteiger partial charge in [-0.15, -0.1) is 11.6 Å². The van der Waals surface area contributed by atoms with Gasteiger partial charge in [0.1, 0.15) is 0 Å². The van der Waals surface area contributed by atoms with Crippen LogP contribution in [0, 0.1) is 0 Å². The van der Waals surface area contributed by atoms with Crippen LogP contribution in [0.15, 0.2) is 10.7 Å². The summed E-state index contributed by atoms with van der Waals surface area (Å²) >= 11 is 8.55. The first-order valence-corrected chi connectivity index (χ1v) is 6.04. The van der Waals surface area contributed by atoms with Crippen LogP contribution in [-0.4, -0.2) is 17.6 Å². The fourth-order valence-corrected chi connectivity index (χ4v) is 2.07. The van der Waals surface area contributed by atoms with Gasteiger partial charge in [-0.1, -0.05) is 0 Å². The Hall–Kier alpha value is -0.750. The van der Waals surface area contributed by atoms with E-state index in [2.05, 4.69) is 20.9 Å². The molecule has 1 rings (SSSR count). The first-order chi connectivity index (χ1) is 8.02. The maximum atomic E-state index is 12.8. The zero-order valence-electron chi connectivity index (χ0n) is 8.84. The normalized spacial score (nSPS) is 10.7. The SMILES string of the molecule is CCOC(=O)c1ncc(Br)c(C(F)F)c1CCl. The molecular formula is C10H9BrClF2NO2.